The van der Waals surface area contributed by atoms with E-state index in [1.54, 1.807) is 36.0 Å². The van der Waals surface area contributed by atoms with Crippen LogP contribution in [0.25, 0.3) is 0 Å². The second-order valence-corrected chi connectivity index (χ2v) is 6.62. The van der Waals surface area contributed by atoms with E-state index in [0.29, 0.717) is 18.0 Å². The number of carbonyl (C=O) groups excluding carboxylic acids is 1. The molecular formula is C20H25N5O3. The molecule has 2 aromatic heterocycles. The number of aromatic nitrogens is 4. The molecule has 0 aliphatic carbocycles. The summed E-state index contributed by atoms with van der Waals surface area (Å²) in [6.07, 6.45) is 1.73. The third kappa shape index (κ3) is 4.16. The molecule has 8 nitrogen and oxygen atoms in total. The third-order valence-corrected chi connectivity index (χ3v) is 4.68. The maximum atomic E-state index is 12.7. The molecule has 0 unspecified atom stereocenters. The van der Waals surface area contributed by atoms with Crippen LogP contribution in [0.2, 0.25) is 0 Å². The van der Waals surface area contributed by atoms with Crippen LogP contribution in [0.15, 0.2) is 36.5 Å². The number of rotatable bonds is 7. The largest absolute Gasteiger partial charge is 0.497 e. The highest BCUT2D eigenvalue weighted by Gasteiger charge is 2.18. The van der Waals surface area contributed by atoms with E-state index in [1.807, 2.05) is 49.8 Å². The maximum Gasteiger partial charge on any atom is 0.274 e. The fourth-order valence-corrected chi connectivity index (χ4v) is 2.91. The summed E-state index contributed by atoms with van der Waals surface area (Å²) in [5.74, 6) is 1.32. The average molecular weight is 383 g/mol. The average Bonchev–Trinajstić information content (AvgIpc) is 3.26. The number of hydrogen-bond acceptors (Lipinski definition) is 5. The summed E-state index contributed by atoms with van der Waals surface area (Å²) in [5, 5.41) is 8.73. The van der Waals surface area contributed by atoms with Gasteiger partial charge in [-0.05, 0) is 44.2 Å². The van der Waals surface area contributed by atoms with Gasteiger partial charge < -0.3 is 14.4 Å². The summed E-state index contributed by atoms with van der Waals surface area (Å²) < 4.78 is 14.2. The van der Waals surface area contributed by atoms with Gasteiger partial charge in [-0.15, -0.1) is 0 Å². The van der Waals surface area contributed by atoms with E-state index in [1.165, 1.54) is 0 Å². The lowest BCUT2D eigenvalue weighted by atomic mass is 10.2. The van der Waals surface area contributed by atoms with E-state index in [0.717, 1.165) is 22.7 Å². The summed E-state index contributed by atoms with van der Waals surface area (Å²) in [6.45, 7) is 4.65. The van der Waals surface area contributed by atoms with Crippen LogP contribution in [0.4, 0.5) is 0 Å². The number of nitrogens with zero attached hydrogens (tertiary/aromatic N) is 5. The van der Waals surface area contributed by atoms with Gasteiger partial charge in [-0.3, -0.25) is 9.48 Å². The highest BCUT2D eigenvalue weighted by atomic mass is 16.5. The quantitative estimate of drug-likeness (QED) is 0.627. The summed E-state index contributed by atoms with van der Waals surface area (Å²) in [5.41, 5.74) is 3.41. The molecule has 0 atom stereocenters. The second kappa shape index (κ2) is 8.16. The molecule has 1 aromatic carbocycles. The summed E-state index contributed by atoms with van der Waals surface area (Å²) in [4.78, 5) is 14.4. The zero-order chi connectivity index (χ0) is 20.3. The molecule has 28 heavy (non-hydrogen) atoms. The first kappa shape index (κ1) is 19.5. The zero-order valence-corrected chi connectivity index (χ0v) is 16.8. The van der Waals surface area contributed by atoms with Gasteiger partial charge in [-0.1, -0.05) is 0 Å². The van der Waals surface area contributed by atoms with Gasteiger partial charge in [0.25, 0.3) is 5.91 Å². The molecule has 0 fully saturated rings. The van der Waals surface area contributed by atoms with Crippen LogP contribution in [-0.4, -0.2) is 44.5 Å². The Morgan fingerprint density at radius 2 is 1.79 bits per heavy atom. The van der Waals surface area contributed by atoms with Gasteiger partial charge in [-0.25, -0.2) is 4.68 Å². The zero-order valence-electron chi connectivity index (χ0n) is 16.8. The van der Waals surface area contributed by atoms with E-state index in [4.69, 9.17) is 9.47 Å². The Labute approximate surface area is 164 Å². The van der Waals surface area contributed by atoms with Gasteiger partial charge in [0.2, 0.25) is 0 Å². The van der Waals surface area contributed by atoms with Crippen LogP contribution in [0, 0.1) is 13.8 Å². The molecule has 2 heterocycles. The van der Waals surface area contributed by atoms with Crippen LogP contribution >= 0.6 is 0 Å². The molecule has 148 valence electrons. The SMILES string of the molecule is COc1ccc(OCn2ccc(C(=O)N(C)Cc3c(C)nn(C)c3C)n2)cc1. The number of amides is 1. The summed E-state index contributed by atoms with van der Waals surface area (Å²) in [6, 6.07) is 8.98. The molecule has 0 saturated heterocycles. The Kier molecular flexibility index (Phi) is 5.67. The first-order valence-corrected chi connectivity index (χ1v) is 8.94. The van der Waals surface area contributed by atoms with Crippen molar-refractivity contribution in [3.8, 4) is 11.5 Å². The summed E-state index contributed by atoms with van der Waals surface area (Å²) in [7, 11) is 5.28. The second-order valence-electron chi connectivity index (χ2n) is 6.62. The number of methoxy groups -OCH3 is 1. The van der Waals surface area contributed by atoms with Crippen LogP contribution in [0.1, 0.15) is 27.4 Å². The minimum absolute atomic E-state index is 0.147. The fourth-order valence-electron chi connectivity index (χ4n) is 2.91. The predicted molar refractivity (Wildman–Crippen MR) is 104 cm³/mol. The van der Waals surface area contributed by atoms with Crippen molar-refractivity contribution in [3.05, 3.63) is 59.2 Å². The Morgan fingerprint density at radius 3 is 2.39 bits per heavy atom. The smallest absolute Gasteiger partial charge is 0.274 e. The number of carbonyl (C=O) groups is 1. The van der Waals surface area contributed by atoms with Crippen molar-refractivity contribution in [2.75, 3.05) is 14.2 Å². The first-order chi connectivity index (χ1) is 13.4. The van der Waals surface area contributed by atoms with Crippen LogP contribution in [0.3, 0.4) is 0 Å². The molecule has 8 heteroatoms. The molecule has 0 N–H and O–H groups in total. The molecule has 0 radical (unpaired) electrons. The van der Waals surface area contributed by atoms with Crippen molar-refractivity contribution >= 4 is 5.91 Å². The number of benzene rings is 1. The topological polar surface area (TPSA) is 74.4 Å². The Balaban J connectivity index is 1.61. The fraction of sp³-hybridized carbons (Fsp3) is 0.350. The molecule has 0 bridgehead atoms. The van der Waals surface area contributed by atoms with E-state index in [2.05, 4.69) is 10.2 Å². The molecule has 3 rings (SSSR count). The highest BCUT2D eigenvalue weighted by molar-refractivity contribution is 5.92. The van der Waals surface area contributed by atoms with Gasteiger partial charge in [0.15, 0.2) is 12.4 Å². The summed E-state index contributed by atoms with van der Waals surface area (Å²) >= 11 is 0. The van der Waals surface area contributed by atoms with Gasteiger partial charge in [0, 0.05) is 38.1 Å². The van der Waals surface area contributed by atoms with Crippen LogP contribution in [-0.2, 0) is 20.3 Å². The Morgan fingerprint density at radius 1 is 1.11 bits per heavy atom. The Bertz CT molecular complexity index is 959. The normalized spacial score (nSPS) is 10.8. The minimum Gasteiger partial charge on any atom is -0.497 e. The lowest BCUT2D eigenvalue weighted by Gasteiger charge is -2.16. The highest BCUT2D eigenvalue weighted by Crippen LogP contribution is 2.18. The van der Waals surface area contributed by atoms with Crippen molar-refractivity contribution in [1.82, 2.24) is 24.5 Å². The van der Waals surface area contributed by atoms with Crippen LogP contribution in [0.5, 0.6) is 11.5 Å². The lowest BCUT2D eigenvalue weighted by Crippen LogP contribution is -2.27. The van der Waals surface area contributed by atoms with E-state index < -0.39 is 0 Å². The van der Waals surface area contributed by atoms with Crippen molar-refractivity contribution in [2.45, 2.75) is 27.1 Å². The molecule has 3 aromatic rings. The Hall–Kier alpha value is -3.29. The van der Waals surface area contributed by atoms with Crippen LogP contribution < -0.4 is 9.47 Å². The molecule has 0 aliphatic rings. The van der Waals surface area contributed by atoms with E-state index in [-0.39, 0.29) is 12.6 Å². The first-order valence-electron chi connectivity index (χ1n) is 8.94. The van der Waals surface area contributed by atoms with Gasteiger partial charge in [0.1, 0.15) is 11.5 Å². The maximum absolute atomic E-state index is 12.7. The van der Waals surface area contributed by atoms with Crippen molar-refractivity contribution < 1.29 is 14.3 Å². The van der Waals surface area contributed by atoms with E-state index >= 15 is 0 Å². The molecule has 1 amide bonds. The lowest BCUT2D eigenvalue weighted by molar-refractivity contribution is 0.0776. The van der Waals surface area contributed by atoms with Gasteiger partial charge in [-0.2, -0.15) is 10.2 Å². The van der Waals surface area contributed by atoms with Gasteiger partial charge >= 0.3 is 0 Å². The number of hydrogen-bond donors (Lipinski definition) is 0. The molecule has 0 spiro atoms. The molecule has 0 saturated carbocycles. The standard InChI is InChI=1S/C20H25N5O3/c1-14-18(15(2)24(4)21-14)12-23(3)20(26)19-10-11-25(22-19)13-28-17-8-6-16(27-5)7-9-17/h6-11H,12-13H2,1-5H3. The van der Waals surface area contributed by atoms with Gasteiger partial charge in [0.05, 0.1) is 12.8 Å². The number of ether oxygens (including phenoxy) is 2. The van der Waals surface area contributed by atoms with E-state index in [9.17, 15) is 4.79 Å². The minimum atomic E-state index is -0.147. The molecular weight excluding hydrogens is 358 g/mol. The van der Waals surface area contributed by atoms with Crippen molar-refractivity contribution in [1.29, 1.82) is 0 Å². The van der Waals surface area contributed by atoms with Crippen molar-refractivity contribution in [2.24, 2.45) is 7.05 Å². The predicted octanol–water partition coefficient (Wildman–Crippen LogP) is 2.55. The third-order valence-electron chi connectivity index (χ3n) is 4.68. The number of aryl methyl sites for hydroxylation is 2. The molecule has 0 aliphatic heterocycles. The monoisotopic (exact) mass is 383 g/mol. The van der Waals surface area contributed by atoms with Crippen molar-refractivity contribution in [3.63, 3.8) is 0 Å².